The van der Waals surface area contributed by atoms with Crippen LogP contribution >= 0.6 is 0 Å². The number of nitrogens with zero attached hydrogens (tertiary/aromatic N) is 4. The van der Waals surface area contributed by atoms with E-state index in [4.69, 9.17) is 4.52 Å². The molecule has 0 fully saturated rings. The number of hydrogen-bond acceptors (Lipinski definition) is 7. The van der Waals surface area contributed by atoms with Gasteiger partial charge < -0.3 is 9.63 Å². The van der Waals surface area contributed by atoms with Gasteiger partial charge in [0.1, 0.15) is 0 Å². The number of non-ortho nitro benzene ring substituents is 1. The number of rotatable bonds is 7. The second kappa shape index (κ2) is 7.30. The summed E-state index contributed by atoms with van der Waals surface area (Å²) in [6.07, 6.45) is -0.450. The monoisotopic (exact) mass is 320 g/mol. The van der Waals surface area contributed by atoms with Crippen molar-refractivity contribution in [3.8, 4) is 11.4 Å². The number of hydrogen-bond donors (Lipinski definition) is 1. The number of aromatic nitrogens is 2. The molecule has 1 unspecified atom stereocenters. The van der Waals surface area contributed by atoms with Crippen molar-refractivity contribution in [2.45, 2.75) is 39.5 Å². The van der Waals surface area contributed by atoms with Crippen LogP contribution in [0, 0.1) is 10.1 Å². The maximum Gasteiger partial charge on any atom is 0.269 e. The molecule has 8 nitrogen and oxygen atoms in total. The van der Waals surface area contributed by atoms with Crippen molar-refractivity contribution in [1.29, 1.82) is 0 Å². The molecule has 0 saturated heterocycles. The summed E-state index contributed by atoms with van der Waals surface area (Å²) in [6, 6.07) is 6.20. The van der Waals surface area contributed by atoms with Crippen molar-refractivity contribution < 1.29 is 14.6 Å². The molecule has 0 amide bonds. The Labute approximate surface area is 133 Å². The topological polar surface area (TPSA) is 106 Å². The standard InChI is InChI=1S/C15H20N4O4/c1-10(2)18(8-11(3)20)9-14-16-15(17-23-14)12-4-6-13(7-5-12)19(21)22/h4-7,10-11,20H,8-9H2,1-3H3. The normalized spacial score (nSPS) is 12.8. The van der Waals surface area contributed by atoms with Gasteiger partial charge in [0.05, 0.1) is 17.6 Å². The second-order valence-corrected chi connectivity index (χ2v) is 5.69. The summed E-state index contributed by atoms with van der Waals surface area (Å²) < 4.78 is 5.24. The van der Waals surface area contributed by atoms with Crippen LogP contribution in [0.1, 0.15) is 26.7 Å². The van der Waals surface area contributed by atoms with Crippen molar-refractivity contribution in [2.75, 3.05) is 6.54 Å². The molecule has 0 bridgehead atoms. The summed E-state index contributed by atoms with van der Waals surface area (Å²) in [4.78, 5) is 16.5. The van der Waals surface area contributed by atoms with Gasteiger partial charge in [0.2, 0.25) is 11.7 Å². The molecule has 0 radical (unpaired) electrons. The molecule has 1 aromatic carbocycles. The van der Waals surface area contributed by atoms with Gasteiger partial charge in [0.25, 0.3) is 5.69 Å². The van der Waals surface area contributed by atoms with Gasteiger partial charge in [-0.05, 0) is 32.9 Å². The molecular weight excluding hydrogens is 300 g/mol. The quantitative estimate of drug-likeness (QED) is 0.616. The molecule has 0 saturated carbocycles. The first-order valence-electron chi connectivity index (χ1n) is 7.36. The fourth-order valence-electron chi connectivity index (χ4n) is 2.14. The summed E-state index contributed by atoms with van der Waals surface area (Å²) in [5.74, 6) is 0.823. The fraction of sp³-hybridized carbons (Fsp3) is 0.467. The summed E-state index contributed by atoms with van der Waals surface area (Å²) >= 11 is 0. The van der Waals surface area contributed by atoms with Gasteiger partial charge >= 0.3 is 0 Å². The minimum absolute atomic E-state index is 0.0142. The first kappa shape index (κ1) is 17.0. The number of nitro groups is 1. The molecule has 0 aliphatic heterocycles. The molecule has 1 aromatic heterocycles. The van der Waals surface area contributed by atoms with Crippen molar-refractivity contribution in [1.82, 2.24) is 15.0 Å². The van der Waals surface area contributed by atoms with E-state index in [9.17, 15) is 15.2 Å². The highest BCUT2D eigenvalue weighted by Crippen LogP contribution is 2.20. The largest absolute Gasteiger partial charge is 0.392 e. The molecule has 23 heavy (non-hydrogen) atoms. The Hall–Kier alpha value is -2.32. The third kappa shape index (κ3) is 4.57. The molecule has 1 N–H and O–H groups in total. The van der Waals surface area contributed by atoms with Crippen molar-refractivity contribution in [3.05, 3.63) is 40.3 Å². The lowest BCUT2D eigenvalue weighted by Crippen LogP contribution is -2.36. The zero-order valence-electron chi connectivity index (χ0n) is 13.3. The lowest BCUT2D eigenvalue weighted by Gasteiger charge is -2.25. The van der Waals surface area contributed by atoms with E-state index >= 15 is 0 Å². The average molecular weight is 320 g/mol. The molecule has 1 heterocycles. The molecule has 2 aromatic rings. The first-order chi connectivity index (χ1) is 10.9. The van der Waals surface area contributed by atoms with Crippen LogP contribution < -0.4 is 0 Å². The highest BCUT2D eigenvalue weighted by atomic mass is 16.6. The van der Waals surface area contributed by atoms with E-state index in [1.54, 1.807) is 19.1 Å². The van der Waals surface area contributed by atoms with Gasteiger partial charge in [-0.2, -0.15) is 4.98 Å². The van der Waals surface area contributed by atoms with Crippen LogP contribution in [0.5, 0.6) is 0 Å². The maximum absolute atomic E-state index is 10.7. The molecule has 2 rings (SSSR count). The van der Waals surface area contributed by atoms with Crippen LogP contribution in [0.15, 0.2) is 28.8 Å². The molecule has 8 heteroatoms. The summed E-state index contributed by atoms with van der Waals surface area (Å²) in [5, 5.41) is 24.1. The van der Waals surface area contributed by atoms with Crippen LogP contribution in [0.25, 0.3) is 11.4 Å². The van der Waals surface area contributed by atoms with E-state index in [0.29, 0.717) is 30.4 Å². The second-order valence-electron chi connectivity index (χ2n) is 5.69. The van der Waals surface area contributed by atoms with Gasteiger partial charge in [-0.25, -0.2) is 0 Å². The Balaban J connectivity index is 2.11. The van der Waals surface area contributed by atoms with Gasteiger partial charge in [0.15, 0.2) is 0 Å². The highest BCUT2D eigenvalue weighted by molar-refractivity contribution is 5.56. The van der Waals surface area contributed by atoms with E-state index in [0.717, 1.165) is 0 Å². The Morgan fingerprint density at radius 2 is 1.96 bits per heavy atom. The highest BCUT2D eigenvalue weighted by Gasteiger charge is 2.17. The van der Waals surface area contributed by atoms with Crippen molar-refractivity contribution >= 4 is 5.69 Å². The minimum Gasteiger partial charge on any atom is -0.392 e. The summed E-state index contributed by atoms with van der Waals surface area (Å²) in [7, 11) is 0. The lowest BCUT2D eigenvalue weighted by atomic mass is 10.2. The van der Waals surface area contributed by atoms with Gasteiger partial charge in [0, 0.05) is 30.3 Å². The molecule has 1 atom stereocenters. The van der Waals surface area contributed by atoms with E-state index in [1.165, 1.54) is 12.1 Å². The third-order valence-corrected chi connectivity index (χ3v) is 3.37. The molecule has 0 aliphatic carbocycles. The van der Waals surface area contributed by atoms with Crippen molar-refractivity contribution in [3.63, 3.8) is 0 Å². The van der Waals surface area contributed by atoms with Crippen LogP contribution in [-0.4, -0.2) is 43.8 Å². The maximum atomic E-state index is 10.7. The van der Waals surface area contributed by atoms with Crippen LogP contribution in [0.4, 0.5) is 5.69 Å². The number of benzene rings is 1. The van der Waals surface area contributed by atoms with Gasteiger partial charge in [-0.3, -0.25) is 15.0 Å². The molecule has 0 spiro atoms. The predicted molar refractivity (Wildman–Crippen MR) is 83.6 cm³/mol. The summed E-state index contributed by atoms with van der Waals surface area (Å²) in [5.41, 5.74) is 0.664. The molecule has 0 aliphatic rings. The lowest BCUT2D eigenvalue weighted by molar-refractivity contribution is -0.384. The van der Waals surface area contributed by atoms with Crippen LogP contribution in [0.2, 0.25) is 0 Å². The van der Waals surface area contributed by atoms with E-state index in [2.05, 4.69) is 10.1 Å². The Morgan fingerprint density at radius 3 is 2.48 bits per heavy atom. The molecule has 124 valence electrons. The van der Waals surface area contributed by atoms with Gasteiger partial charge in [-0.15, -0.1) is 0 Å². The Morgan fingerprint density at radius 1 is 1.30 bits per heavy atom. The first-order valence-corrected chi connectivity index (χ1v) is 7.36. The zero-order chi connectivity index (χ0) is 17.0. The van der Waals surface area contributed by atoms with Gasteiger partial charge in [-0.1, -0.05) is 5.16 Å². The predicted octanol–water partition coefficient (Wildman–Crippen LogP) is 2.24. The SMILES string of the molecule is CC(O)CN(Cc1nc(-c2ccc([N+](=O)[O-])cc2)no1)C(C)C. The van der Waals surface area contributed by atoms with Crippen LogP contribution in [-0.2, 0) is 6.54 Å². The van der Waals surface area contributed by atoms with E-state index in [1.807, 2.05) is 18.7 Å². The fourth-order valence-corrected chi connectivity index (χ4v) is 2.14. The van der Waals surface area contributed by atoms with E-state index in [-0.39, 0.29) is 11.7 Å². The average Bonchev–Trinajstić information content (AvgIpc) is 2.94. The van der Waals surface area contributed by atoms with E-state index < -0.39 is 11.0 Å². The number of aliphatic hydroxyl groups excluding tert-OH is 1. The zero-order valence-corrected chi connectivity index (χ0v) is 13.3. The molecular formula is C15H20N4O4. The summed E-state index contributed by atoms with van der Waals surface area (Å²) in [6.45, 7) is 6.72. The minimum atomic E-state index is -0.456. The third-order valence-electron chi connectivity index (χ3n) is 3.37. The smallest absolute Gasteiger partial charge is 0.269 e. The number of aliphatic hydroxyl groups is 1. The van der Waals surface area contributed by atoms with Crippen LogP contribution in [0.3, 0.4) is 0 Å². The Bertz CT molecular complexity index is 652. The number of nitro benzene ring substituents is 1. The Kier molecular flexibility index (Phi) is 5.41. The van der Waals surface area contributed by atoms with Crippen molar-refractivity contribution in [2.24, 2.45) is 0 Å².